The van der Waals surface area contributed by atoms with Crippen molar-refractivity contribution in [3.05, 3.63) is 34.9 Å². The van der Waals surface area contributed by atoms with Gasteiger partial charge in [0.1, 0.15) is 0 Å². The zero-order valence-corrected chi connectivity index (χ0v) is 14.4. The van der Waals surface area contributed by atoms with Crippen LogP contribution >= 0.6 is 23.4 Å². The lowest BCUT2D eigenvalue weighted by atomic mass is 9.93. The Balaban J connectivity index is 1.54. The van der Waals surface area contributed by atoms with Crippen molar-refractivity contribution in [1.82, 2.24) is 5.32 Å². The first-order valence-electron chi connectivity index (χ1n) is 7.78. The molecule has 120 valence electrons. The number of ether oxygens (including phenoxy) is 1. The molecule has 0 aromatic heterocycles. The Morgan fingerprint density at radius 2 is 2.27 bits per heavy atom. The van der Waals surface area contributed by atoms with Crippen molar-refractivity contribution < 1.29 is 9.53 Å². The van der Waals surface area contributed by atoms with Crippen molar-refractivity contribution in [3.63, 3.8) is 0 Å². The topological polar surface area (TPSA) is 38.3 Å². The van der Waals surface area contributed by atoms with Crippen molar-refractivity contribution in [2.24, 2.45) is 11.3 Å². The van der Waals surface area contributed by atoms with E-state index in [1.54, 1.807) is 11.8 Å². The number of amides is 1. The molecule has 1 aromatic carbocycles. The summed E-state index contributed by atoms with van der Waals surface area (Å²) in [6.45, 7) is 2.27. The molecule has 2 unspecified atom stereocenters. The van der Waals surface area contributed by atoms with Crippen molar-refractivity contribution >= 4 is 29.3 Å². The number of hydrogen-bond donors (Lipinski definition) is 1. The maximum atomic E-state index is 12.4. The number of thioether (sulfide) groups is 1. The van der Waals surface area contributed by atoms with E-state index >= 15 is 0 Å². The van der Waals surface area contributed by atoms with Gasteiger partial charge in [-0.1, -0.05) is 23.7 Å². The lowest BCUT2D eigenvalue weighted by molar-refractivity contribution is -0.123. The monoisotopic (exact) mass is 339 g/mol. The van der Waals surface area contributed by atoms with Crippen LogP contribution in [0, 0.1) is 11.3 Å². The first-order chi connectivity index (χ1) is 10.6. The second-order valence-corrected chi connectivity index (χ2v) is 7.73. The Morgan fingerprint density at radius 3 is 2.95 bits per heavy atom. The molecule has 2 aliphatic rings. The molecule has 0 radical (unpaired) electrons. The number of halogens is 1. The summed E-state index contributed by atoms with van der Waals surface area (Å²) >= 11 is 7.80. The van der Waals surface area contributed by atoms with Crippen molar-refractivity contribution in [2.45, 2.75) is 24.5 Å². The molecule has 1 saturated heterocycles. The predicted octanol–water partition coefficient (Wildman–Crippen LogP) is 3.68. The SMILES string of the molecule is CSC(CNC(=O)C1CC12CCOCC2)c1cccc(Cl)c1. The molecule has 1 saturated carbocycles. The van der Waals surface area contributed by atoms with E-state index in [1.165, 1.54) is 0 Å². The molecule has 1 aromatic rings. The molecule has 1 N–H and O–H groups in total. The van der Waals surface area contributed by atoms with Gasteiger partial charge >= 0.3 is 0 Å². The minimum absolute atomic E-state index is 0.193. The minimum Gasteiger partial charge on any atom is -0.381 e. The van der Waals surface area contributed by atoms with Crippen LogP contribution in [0.3, 0.4) is 0 Å². The highest BCUT2D eigenvalue weighted by molar-refractivity contribution is 7.98. The highest BCUT2D eigenvalue weighted by Gasteiger charge is 2.57. The molecule has 5 heteroatoms. The Labute approximate surface area is 141 Å². The van der Waals surface area contributed by atoms with Crippen LogP contribution in [0.25, 0.3) is 0 Å². The van der Waals surface area contributed by atoms with Gasteiger partial charge < -0.3 is 10.1 Å². The van der Waals surface area contributed by atoms with Crippen LogP contribution in [0.2, 0.25) is 5.02 Å². The second-order valence-electron chi connectivity index (χ2n) is 6.26. The van der Waals surface area contributed by atoms with Gasteiger partial charge in [-0.2, -0.15) is 11.8 Å². The third-order valence-electron chi connectivity index (χ3n) is 4.96. The molecule has 2 fully saturated rings. The van der Waals surface area contributed by atoms with Gasteiger partial charge in [0.2, 0.25) is 5.91 Å². The molecule has 0 bridgehead atoms. The summed E-state index contributed by atoms with van der Waals surface area (Å²) < 4.78 is 5.41. The van der Waals surface area contributed by atoms with Crippen LogP contribution < -0.4 is 5.32 Å². The van der Waals surface area contributed by atoms with Gasteiger partial charge in [0, 0.05) is 35.9 Å². The molecule has 1 heterocycles. The largest absolute Gasteiger partial charge is 0.381 e. The first kappa shape index (κ1) is 16.2. The van der Waals surface area contributed by atoms with Gasteiger partial charge in [0.15, 0.2) is 0 Å². The van der Waals surface area contributed by atoms with Crippen molar-refractivity contribution in [3.8, 4) is 0 Å². The van der Waals surface area contributed by atoms with Crippen LogP contribution in [0.1, 0.15) is 30.1 Å². The van der Waals surface area contributed by atoms with Crippen LogP contribution in [0.5, 0.6) is 0 Å². The number of benzene rings is 1. The molecule has 2 atom stereocenters. The van der Waals surface area contributed by atoms with E-state index in [-0.39, 0.29) is 22.5 Å². The average molecular weight is 340 g/mol. The lowest BCUT2D eigenvalue weighted by Gasteiger charge is -2.23. The Morgan fingerprint density at radius 1 is 1.50 bits per heavy atom. The number of carbonyl (C=O) groups excluding carboxylic acids is 1. The predicted molar refractivity (Wildman–Crippen MR) is 91.3 cm³/mol. The lowest BCUT2D eigenvalue weighted by Crippen LogP contribution is -2.32. The van der Waals surface area contributed by atoms with Crippen molar-refractivity contribution in [1.29, 1.82) is 0 Å². The third kappa shape index (κ3) is 3.44. The van der Waals surface area contributed by atoms with E-state index in [4.69, 9.17) is 16.3 Å². The van der Waals surface area contributed by atoms with Gasteiger partial charge in [-0.3, -0.25) is 4.79 Å². The van der Waals surface area contributed by atoms with E-state index in [0.29, 0.717) is 6.54 Å². The van der Waals surface area contributed by atoms with Crippen LogP contribution in [0.4, 0.5) is 0 Å². The standard InChI is InChI=1S/C17H22ClNO2S/c1-22-15(12-3-2-4-13(18)9-12)11-19-16(20)14-10-17(14)5-7-21-8-6-17/h2-4,9,14-15H,5-8,10-11H2,1H3,(H,19,20). The number of nitrogens with one attached hydrogen (secondary N) is 1. The highest BCUT2D eigenvalue weighted by Crippen LogP contribution is 2.59. The van der Waals surface area contributed by atoms with E-state index in [0.717, 1.165) is 43.1 Å². The number of hydrogen-bond acceptors (Lipinski definition) is 3. The second kappa shape index (κ2) is 6.81. The normalized spacial score (nSPS) is 24.0. The fourth-order valence-corrected chi connectivity index (χ4v) is 4.28. The molecule has 1 spiro atoms. The Kier molecular flexibility index (Phi) is 5.00. The van der Waals surface area contributed by atoms with Crippen LogP contribution in [-0.2, 0) is 9.53 Å². The zero-order valence-electron chi connectivity index (χ0n) is 12.8. The molecular weight excluding hydrogens is 318 g/mol. The molecule has 1 aliphatic heterocycles. The van der Waals surface area contributed by atoms with E-state index in [1.807, 2.05) is 18.2 Å². The van der Waals surface area contributed by atoms with E-state index < -0.39 is 0 Å². The maximum absolute atomic E-state index is 12.4. The van der Waals surface area contributed by atoms with Gasteiger partial charge in [-0.25, -0.2) is 0 Å². The molecule has 3 rings (SSSR count). The van der Waals surface area contributed by atoms with Gasteiger partial charge in [-0.15, -0.1) is 0 Å². The summed E-state index contributed by atoms with van der Waals surface area (Å²) in [5, 5.41) is 4.13. The average Bonchev–Trinajstić information content (AvgIpc) is 3.22. The third-order valence-corrected chi connectivity index (χ3v) is 6.20. The summed E-state index contributed by atoms with van der Waals surface area (Å²) in [6.07, 6.45) is 5.16. The number of rotatable bonds is 5. The van der Waals surface area contributed by atoms with E-state index in [9.17, 15) is 4.79 Å². The summed E-state index contributed by atoms with van der Waals surface area (Å²) in [7, 11) is 0. The van der Waals surface area contributed by atoms with Crippen molar-refractivity contribution in [2.75, 3.05) is 26.0 Å². The van der Waals surface area contributed by atoms with Gasteiger partial charge in [0.25, 0.3) is 0 Å². The molecule has 1 amide bonds. The molecule has 3 nitrogen and oxygen atoms in total. The highest BCUT2D eigenvalue weighted by atomic mass is 35.5. The molecule has 1 aliphatic carbocycles. The smallest absolute Gasteiger partial charge is 0.223 e. The van der Waals surface area contributed by atoms with Crippen LogP contribution in [-0.4, -0.2) is 31.9 Å². The Bertz CT molecular complexity index is 545. The zero-order chi connectivity index (χ0) is 15.6. The van der Waals surface area contributed by atoms with E-state index in [2.05, 4.69) is 17.6 Å². The van der Waals surface area contributed by atoms with Gasteiger partial charge in [0.05, 0.1) is 0 Å². The fraction of sp³-hybridized carbons (Fsp3) is 0.588. The van der Waals surface area contributed by atoms with Gasteiger partial charge in [-0.05, 0) is 48.6 Å². The minimum atomic E-state index is 0.193. The summed E-state index contributed by atoms with van der Waals surface area (Å²) in [6, 6.07) is 7.88. The summed E-state index contributed by atoms with van der Waals surface area (Å²) in [5.41, 5.74) is 1.41. The summed E-state index contributed by atoms with van der Waals surface area (Å²) in [5.74, 6) is 0.404. The quantitative estimate of drug-likeness (QED) is 0.889. The Hall–Kier alpha value is -0.710. The molecule has 22 heavy (non-hydrogen) atoms. The first-order valence-corrected chi connectivity index (χ1v) is 9.45. The summed E-state index contributed by atoms with van der Waals surface area (Å²) in [4.78, 5) is 12.4. The molecular formula is C17H22ClNO2S. The maximum Gasteiger partial charge on any atom is 0.223 e. The fourth-order valence-electron chi connectivity index (χ4n) is 3.41. The number of carbonyl (C=O) groups is 1. The van der Waals surface area contributed by atoms with Crippen LogP contribution in [0.15, 0.2) is 24.3 Å².